The Kier molecular flexibility index (Phi) is 8.32. The highest BCUT2D eigenvalue weighted by molar-refractivity contribution is 14.0. The average Bonchev–Trinajstić information content (AvgIpc) is 3.28. The summed E-state index contributed by atoms with van der Waals surface area (Å²) in [6.07, 6.45) is 1.62. The minimum atomic E-state index is 0. The second-order valence-electron chi connectivity index (χ2n) is 7.05. The van der Waals surface area contributed by atoms with E-state index in [4.69, 9.17) is 9.26 Å². The Labute approximate surface area is 194 Å². The molecular formula is C22H28IN5O2. The summed E-state index contributed by atoms with van der Waals surface area (Å²) >= 11 is 0. The van der Waals surface area contributed by atoms with Crippen LogP contribution in [0.1, 0.15) is 5.69 Å². The molecule has 0 aliphatic carbocycles. The largest absolute Gasteiger partial charge is 0.491 e. The van der Waals surface area contributed by atoms with E-state index in [1.807, 2.05) is 37.4 Å². The summed E-state index contributed by atoms with van der Waals surface area (Å²) in [6, 6.07) is 16.3. The molecule has 7 nitrogen and oxygen atoms in total. The third kappa shape index (κ3) is 5.63. The van der Waals surface area contributed by atoms with Crippen LogP contribution in [0.5, 0.6) is 5.75 Å². The van der Waals surface area contributed by atoms with Crippen LogP contribution in [-0.4, -0.2) is 67.3 Å². The van der Waals surface area contributed by atoms with Gasteiger partial charge in [-0.15, -0.1) is 24.0 Å². The van der Waals surface area contributed by atoms with E-state index in [-0.39, 0.29) is 24.0 Å². The van der Waals surface area contributed by atoms with E-state index in [9.17, 15) is 0 Å². The van der Waals surface area contributed by atoms with E-state index in [1.54, 1.807) is 6.26 Å². The standard InChI is InChI=1S/C22H27N5O2.HI/c1-23-22(27-13-11-26(12-14-27)17-19-9-15-29-25-19)24-10-16-28-21-8-4-6-18-5-2-3-7-20(18)21;/h2-9,15H,10-14,16-17H2,1H3,(H,23,24);1H. The number of benzene rings is 2. The Morgan fingerprint density at radius 2 is 1.90 bits per heavy atom. The predicted molar refractivity (Wildman–Crippen MR) is 130 cm³/mol. The summed E-state index contributed by atoms with van der Waals surface area (Å²) in [5, 5.41) is 9.75. The average molecular weight is 521 g/mol. The van der Waals surface area contributed by atoms with Crippen LogP contribution in [0.2, 0.25) is 0 Å². The Morgan fingerprint density at radius 1 is 1.10 bits per heavy atom. The Morgan fingerprint density at radius 3 is 2.67 bits per heavy atom. The molecule has 3 aromatic rings. The molecule has 0 radical (unpaired) electrons. The molecule has 0 spiro atoms. The maximum atomic E-state index is 6.02. The zero-order valence-corrected chi connectivity index (χ0v) is 19.5. The zero-order chi connectivity index (χ0) is 19.9. The Hall–Kier alpha value is -2.33. The van der Waals surface area contributed by atoms with Crippen LogP contribution in [-0.2, 0) is 6.54 Å². The molecule has 1 saturated heterocycles. The van der Waals surface area contributed by atoms with Gasteiger partial charge in [0.25, 0.3) is 0 Å². The number of nitrogens with zero attached hydrogens (tertiary/aromatic N) is 4. The second-order valence-corrected chi connectivity index (χ2v) is 7.05. The molecule has 0 atom stereocenters. The SMILES string of the molecule is CN=C(NCCOc1cccc2ccccc12)N1CCN(Cc2ccon2)CC1.I. The van der Waals surface area contributed by atoms with Gasteiger partial charge in [-0.1, -0.05) is 41.6 Å². The second kappa shape index (κ2) is 11.2. The first-order valence-corrected chi connectivity index (χ1v) is 10.0. The molecule has 1 N–H and O–H groups in total. The van der Waals surface area contributed by atoms with Gasteiger partial charge in [-0.05, 0) is 11.5 Å². The van der Waals surface area contributed by atoms with Crippen molar-refractivity contribution in [2.75, 3.05) is 46.4 Å². The summed E-state index contributed by atoms with van der Waals surface area (Å²) in [7, 11) is 1.83. The van der Waals surface area contributed by atoms with Gasteiger partial charge in [0.15, 0.2) is 5.96 Å². The van der Waals surface area contributed by atoms with Crippen LogP contribution < -0.4 is 10.1 Å². The first-order chi connectivity index (χ1) is 14.3. The third-order valence-corrected chi connectivity index (χ3v) is 5.15. The molecule has 0 saturated carbocycles. The third-order valence-electron chi connectivity index (χ3n) is 5.15. The molecule has 2 aromatic carbocycles. The van der Waals surface area contributed by atoms with Crippen molar-refractivity contribution in [3.63, 3.8) is 0 Å². The molecule has 8 heteroatoms. The highest BCUT2D eigenvalue weighted by atomic mass is 127. The number of guanidine groups is 1. The maximum absolute atomic E-state index is 6.02. The molecule has 160 valence electrons. The molecule has 1 aromatic heterocycles. The normalized spacial score (nSPS) is 15.1. The summed E-state index contributed by atoms with van der Waals surface area (Å²) in [5.74, 6) is 1.84. The van der Waals surface area contributed by atoms with Crippen molar-refractivity contribution >= 4 is 40.7 Å². The maximum Gasteiger partial charge on any atom is 0.193 e. The zero-order valence-electron chi connectivity index (χ0n) is 17.2. The fourth-order valence-electron chi connectivity index (χ4n) is 3.64. The topological polar surface area (TPSA) is 66.1 Å². The molecule has 1 fully saturated rings. The number of fused-ring (bicyclic) bond motifs is 1. The van der Waals surface area contributed by atoms with Gasteiger partial charge in [0.2, 0.25) is 0 Å². The number of rotatable bonds is 6. The highest BCUT2D eigenvalue weighted by Gasteiger charge is 2.20. The van der Waals surface area contributed by atoms with Crippen LogP contribution in [0, 0.1) is 0 Å². The number of halogens is 1. The summed E-state index contributed by atoms with van der Waals surface area (Å²) in [6.45, 7) is 5.92. The van der Waals surface area contributed by atoms with Crippen molar-refractivity contribution in [2.24, 2.45) is 4.99 Å². The van der Waals surface area contributed by atoms with E-state index in [1.165, 1.54) is 5.39 Å². The number of hydrogen-bond donors (Lipinski definition) is 1. The molecule has 0 unspecified atom stereocenters. The van der Waals surface area contributed by atoms with Crippen LogP contribution in [0.25, 0.3) is 10.8 Å². The minimum Gasteiger partial charge on any atom is -0.491 e. The van der Waals surface area contributed by atoms with Crippen molar-refractivity contribution in [1.82, 2.24) is 20.3 Å². The lowest BCUT2D eigenvalue weighted by molar-refractivity contribution is 0.168. The lowest BCUT2D eigenvalue weighted by atomic mass is 10.1. The first kappa shape index (κ1) is 22.4. The predicted octanol–water partition coefficient (Wildman–Crippen LogP) is 3.22. The van der Waals surface area contributed by atoms with E-state index >= 15 is 0 Å². The summed E-state index contributed by atoms with van der Waals surface area (Å²) in [5.41, 5.74) is 0.978. The van der Waals surface area contributed by atoms with E-state index in [0.29, 0.717) is 13.2 Å². The first-order valence-electron chi connectivity index (χ1n) is 10.0. The van der Waals surface area contributed by atoms with Crippen molar-refractivity contribution in [3.8, 4) is 5.75 Å². The molecule has 0 bridgehead atoms. The van der Waals surface area contributed by atoms with Crippen LogP contribution in [0.3, 0.4) is 0 Å². The number of hydrogen-bond acceptors (Lipinski definition) is 5. The number of piperazine rings is 1. The van der Waals surface area contributed by atoms with Gasteiger partial charge in [0.05, 0.1) is 12.2 Å². The van der Waals surface area contributed by atoms with Crippen LogP contribution >= 0.6 is 24.0 Å². The molecule has 0 amide bonds. The van der Waals surface area contributed by atoms with Crippen LogP contribution in [0.4, 0.5) is 0 Å². The smallest absolute Gasteiger partial charge is 0.193 e. The van der Waals surface area contributed by atoms with Gasteiger partial charge < -0.3 is 19.5 Å². The van der Waals surface area contributed by atoms with Crippen LogP contribution in [0.15, 0.2) is 64.3 Å². The molecule has 30 heavy (non-hydrogen) atoms. The van der Waals surface area contributed by atoms with E-state index in [2.05, 4.69) is 43.5 Å². The van der Waals surface area contributed by atoms with Gasteiger partial charge >= 0.3 is 0 Å². The molecule has 2 heterocycles. The fraction of sp³-hybridized carbons (Fsp3) is 0.364. The fourth-order valence-corrected chi connectivity index (χ4v) is 3.64. The van der Waals surface area contributed by atoms with Crippen molar-refractivity contribution in [1.29, 1.82) is 0 Å². The number of nitrogens with one attached hydrogen (secondary N) is 1. The number of aromatic nitrogens is 1. The Bertz CT molecular complexity index is 934. The van der Waals surface area contributed by atoms with Crippen molar-refractivity contribution < 1.29 is 9.26 Å². The van der Waals surface area contributed by atoms with Crippen molar-refractivity contribution in [3.05, 3.63) is 60.5 Å². The monoisotopic (exact) mass is 521 g/mol. The summed E-state index contributed by atoms with van der Waals surface area (Å²) < 4.78 is 10.9. The minimum absolute atomic E-state index is 0. The quantitative estimate of drug-likeness (QED) is 0.233. The van der Waals surface area contributed by atoms with Gasteiger partial charge in [-0.2, -0.15) is 0 Å². The van der Waals surface area contributed by atoms with E-state index < -0.39 is 0 Å². The van der Waals surface area contributed by atoms with Gasteiger partial charge in [0, 0.05) is 51.2 Å². The lowest BCUT2D eigenvalue weighted by Crippen LogP contribution is -2.52. The molecule has 1 aliphatic heterocycles. The molecular weight excluding hydrogens is 493 g/mol. The van der Waals surface area contributed by atoms with Crippen molar-refractivity contribution in [2.45, 2.75) is 6.54 Å². The Balaban J connectivity index is 0.00000256. The van der Waals surface area contributed by atoms with Gasteiger partial charge in [-0.3, -0.25) is 9.89 Å². The lowest BCUT2D eigenvalue weighted by Gasteiger charge is -2.36. The molecule has 1 aliphatic rings. The van der Waals surface area contributed by atoms with Gasteiger partial charge in [-0.25, -0.2) is 0 Å². The highest BCUT2D eigenvalue weighted by Crippen LogP contribution is 2.24. The number of ether oxygens (including phenoxy) is 1. The van der Waals surface area contributed by atoms with E-state index in [0.717, 1.165) is 55.5 Å². The number of aliphatic imine (C=N–C) groups is 1. The summed E-state index contributed by atoms with van der Waals surface area (Å²) in [4.78, 5) is 9.11. The molecule has 4 rings (SSSR count). The van der Waals surface area contributed by atoms with Gasteiger partial charge in [0.1, 0.15) is 18.6 Å².